The second kappa shape index (κ2) is 61.3. The number of quaternary nitrogens is 1. The SMILES string of the molecule is CCCCCCC/C=C\C/C=C\C/C=C\CCCCCCCCCCC(=O)OC(COC(=O)CCCCCCCCCCCCCCCCCCCCCCC/C=C\C/C=C\CCCCCCC)COP(=O)([O-])OCC[N+](C)(C)C. The standard InChI is InChI=1S/C70H130NO8P/c1-6-8-10-12-14-16-18-20-22-24-26-28-30-31-32-33-34-35-36-37-38-39-41-42-44-46-48-50-52-54-56-58-60-62-69(72)76-66-68(67-78-80(74,75)77-65-64-71(3,4)5)79-70(73)63-61-59-57-55-53-51-49-47-45-43-40-29-27-25-23-21-19-17-15-13-11-9-7-2/h18-21,24-27,40,43,68H,6-17,22-23,28-39,41-42,44-67H2,1-5H3/b20-18-,21-19-,26-24-,27-25-,43-40-. The van der Waals surface area contributed by atoms with E-state index in [1.165, 1.54) is 225 Å². The maximum Gasteiger partial charge on any atom is 0.306 e. The molecule has 0 saturated heterocycles. The van der Waals surface area contributed by atoms with Crippen LogP contribution in [0, 0.1) is 0 Å². The van der Waals surface area contributed by atoms with Gasteiger partial charge in [0.25, 0.3) is 7.82 Å². The molecule has 0 aromatic rings. The Balaban J connectivity index is 4.02. The van der Waals surface area contributed by atoms with Crippen molar-refractivity contribution in [1.82, 2.24) is 0 Å². The number of phosphoric ester groups is 1. The highest BCUT2D eigenvalue weighted by atomic mass is 31.2. The predicted octanol–water partition coefficient (Wildman–Crippen LogP) is 21.2. The molecule has 0 aliphatic heterocycles. The molecule has 0 bridgehead atoms. The summed E-state index contributed by atoms with van der Waals surface area (Å²) in [6.45, 7) is 4.25. The van der Waals surface area contributed by atoms with Gasteiger partial charge < -0.3 is 27.9 Å². The van der Waals surface area contributed by atoms with Gasteiger partial charge in [-0.1, -0.05) is 286 Å². The van der Waals surface area contributed by atoms with E-state index in [9.17, 15) is 19.0 Å². The normalized spacial score (nSPS) is 13.5. The Morgan fingerprint density at radius 3 is 1.00 bits per heavy atom. The van der Waals surface area contributed by atoms with Crippen molar-refractivity contribution >= 4 is 19.8 Å². The molecule has 0 rings (SSSR count). The monoisotopic (exact) mass is 1140 g/mol. The van der Waals surface area contributed by atoms with Crippen molar-refractivity contribution in [1.29, 1.82) is 0 Å². The highest BCUT2D eigenvalue weighted by Crippen LogP contribution is 2.38. The number of phosphoric acid groups is 1. The minimum Gasteiger partial charge on any atom is -0.756 e. The fourth-order valence-electron chi connectivity index (χ4n) is 9.76. The number of carbonyl (C=O) groups is 2. The van der Waals surface area contributed by atoms with Crippen LogP contribution in [0.3, 0.4) is 0 Å². The third kappa shape index (κ3) is 64.9. The average molecular weight is 1140 g/mol. The Morgan fingerprint density at radius 2 is 0.675 bits per heavy atom. The van der Waals surface area contributed by atoms with Gasteiger partial charge in [0.1, 0.15) is 19.8 Å². The van der Waals surface area contributed by atoms with Crippen LogP contribution in [0.5, 0.6) is 0 Å². The zero-order valence-corrected chi connectivity index (χ0v) is 54.2. The number of allylic oxidation sites excluding steroid dienone is 10. The van der Waals surface area contributed by atoms with Crippen molar-refractivity contribution in [2.75, 3.05) is 47.5 Å². The molecule has 0 N–H and O–H groups in total. The number of likely N-dealkylation sites (N-methyl/N-ethyl adjacent to an activating group) is 1. The summed E-state index contributed by atoms with van der Waals surface area (Å²) in [5.74, 6) is -0.829. The molecule has 0 fully saturated rings. The average Bonchev–Trinajstić information content (AvgIpc) is 3.42. The van der Waals surface area contributed by atoms with E-state index >= 15 is 0 Å². The number of ether oxygens (including phenoxy) is 2. The molecule has 80 heavy (non-hydrogen) atoms. The van der Waals surface area contributed by atoms with Crippen molar-refractivity contribution in [2.24, 2.45) is 0 Å². The largest absolute Gasteiger partial charge is 0.756 e. The van der Waals surface area contributed by atoms with Gasteiger partial charge in [-0.3, -0.25) is 14.2 Å². The highest BCUT2D eigenvalue weighted by Gasteiger charge is 2.22. The van der Waals surface area contributed by atoms with Crippen molar-refractivity contribution in [3.8, 4) is 0 Å². The molecule has 0 aliphatic carbocycles. The number of hydrogen-bond acceptors (Lipinski definition) is 8. The van der Waals surface area contributed by atoms with Gasteiger partial charge in [-0.2, -0.15) is 0 Å². The summed E-state index contributed by atoms with van der Waals surface area (Å²) >= 11 is 0. The van der Waals surface area contributed by atoms with Gasteiger partial charge in [-0.25, -0.2) is 0 Å². The molecule has 468 valence electrons. The van der Waals surface area contributed by atoms with Gasteiger partial charge in [0.15, 0.2) is 6.10 Å². The van der Waals surface area contributed by atoms with Gasteiger partial charge >= 0.3 is 11.9 Å². The molecule has 10 heteroatoms. The number of rotatable bonds is 63. The Bertz CT molecular complexity index is 1530. The van der Waals surface area contributed by atoms with Crippen LogP contribution in [0.2, 0.25) is 0 Å². The number of carbonyl (C=O) groups excluding carboxylic acids is 2. The third-order valence-electron chi connectivity index (χ3n) is 15.0. The smallest absolute Gasteiger partial charge is 0.306 e. The van der Waals surface area contributed by atoms with E-state index in [0.717, 1.165) is 64.2 Å². The lowest BCUT2D eigenvalue weighted by atomic mass is 10.0. The van der Waals surface area contributed by atoms with Crippen molar-refractivity contribution < 1.29 is 42.1 Å². The molecule has 0 radical (unpaired) electrons. The summed E-state index contributed by atoms with van der Waals surface area (Å²) in [6, 6.07) is 0. The van der Waals surface area contributed by atoms with Crippen LogP contribution in [-0.2, 0) is 32.7 Å². The van der Waals surface area contributed by atoms with E-state index in [1.54, 1.807) is 0 Å². The summed E-state index contributed by atoms with van der Waals surface area (Å²) in [6.07, 6.45) is 80.1. The van der Waals surface area contributed by atoms with Crippen LogP contribution >= 0.6 is 7.82 Å². The molecule has 9 nitrogen and oxygen atoms in total. The van der Waals surface area contributed by atoms with Gasteiger partial charge in [-0.15, -0.1) is 0 Å². The van der Waals surface area contributed by atoms with E-state index in [-0.39, 0.29) is 32.0 Å². The molecule has 0 amide bonds. The second-order valence-corrected chi connectivity index (χ2v) is 25.6. The van der Waals surface area contributed by atoms with E-state index in [0.29, 0.717) is 17.4 Å². The molecular formula is C70H130NO8P. The number of hydrogen-bond donors (Lipinski definition) is 0. The molecule has 0 aromatic heterocycles. The quantitative estimate of drug-likeness (QED) is 0.0195. The Hall–Kier alpha value is -2.29. The lowest BCUT2D eigenvalue weighted by Crippen LogP contribution is -2.37. The number of nitrogens with zero attached hydrogens (tertiary/aromatic N) is 1. The molecule has 0 aliphatic rings. The fraction of sp³-hybridized carbons (Fsp3) is 0.829. The molecule has 2 unspecified atom stereocenters. The molecular weight excluding hydrogens is 1010 g/mol. The first-order valence-electron chi connectivity index (χ1n) is 34.0. The lowest BCUT2D eigenvalue weighted by molar-refractivity contribution is -0.870. The minimum atomic E-state index is -4.64. The zero-order valence-electron chi connectivity index (χ0n) is 53.3. The van der Waals surface area contributed by atoms with Crippen LogP contribution in [0.25, 0.3) is 0 Å². The third-order valence-corrected chi connectivity index (χ3v) is 16.0. The number of unbranched alkanes of at least 4 members (excludes halogenated alkanes) is 39. The Labute approximate surface area is 496 Å². The van der Waals surface area contributed by atoms with E-state index in [2.05, 4.69) is 74.6 Å². The van der Waals surface area contributed by atoms with Gasteiger partial charge in [0.05, 0.1) is 27.7 Å². The van der Waals surface area contributed by atoms with Crippen molar-refractivity contribution in [2.45, 2.75) is 328 Å². The first-order chi connectivity index (χ1) is 39.0. The first kappa shape index (κ1) is 77.7. The highest BCUT2D eigenvalue weighted by molar-refractivity contribution is 7.45. The van der Waals surface area contributed by atoms with Gasteiger partial charge in [0, 0.05) is 12.8 Å². The summed E-state index contributed by atoms with van der Waals surface area (Å²) in [5, 5.41) is 0. The van der Waals surface area contributed by atoms with Gasteiger partial charge in [0.2, 0.25) is 0 Å². The molecule has 0 aromatic carbocycles. The zero-order chi connectivity index (χ0) is 58.4. The Morgan fingerprint density at radius 1 is 0.388 bits per heavy atom. The van der Waals surface area contributed by atoms with Crippen LogP contribution in [-0.4, -0.2) is 70.0 Å². The van der Waals surface area contributed by atoms with Crippen molar-refractivity contribution in [3.05, 3.63) is 60.8 Å². The van der Waals surface area contributed by atoms with Gasteiger partial charge in [-0.05, 0) is 83.5 Å². The van der Waals surface area contributed by atoms with E-state index in [4.69, 9.17) is 18.5 Å². The maximum absolute atomic E-state index is 12.8. The minimum absolute atomic E-state index is 0.0326. The predicted molar refractivity (Wildman–Crippen MR) is 342 cm³/mol. The number of esters is 2. The van der Waals surface area contributed by atoms with Crippen LogP contribution in [0.15, 0.2) is 60.8 Å². The van der Waals surface area contributed by atoms with Crippen LogP contribution < -0.4 is 4.89 Å². The van der Waals surface area contributed by atoms with Crippen molar-refractivity contribution in [3.63, 3.8) is 0 Å². The lowest BCUT2D eigenvalue weighted by Gasteiger charge is -2.28. The first-order valence-corrected chi connectivity index (χ1v) is 35.5. The van der Waals surface area contributed by atoms with Crippen LogP contribution in [0.1, 0.15) is 322 Å². The van der Waals surface area contributed by atoms with E-state index < -0.39 is 26.5 Å². The summed E-state index contributed by atoms with van der Waals surface area (Å²) in [5.41, 5.74) is 0. The Kier molecular flexibility index (Phi) is 59.5. The molecule has 0 spiro atoms. The molecule has 2 atom stereocenters. The van der Waals surface area contributed by atoms with E-state index in [1.807, 2.05) is 21.1 Å². The maximum atomic E-state index is 12.8. The summed E-state index contributed by atoms with van der Waals surface area (Å²) < 4.78 is 34.3. The fourth-order valence-corrected chi connectivity index (χ4v) is 10.5. The molecule has 0 heterocycles. The summed E-state index contributed by atoms with van der Waals surface area (Å²) in [4.78, 5) is 38.0. The summed E-state index contributed by atoms with van der Waals surface area (Å²) in [7, 11) is 1.17. The van der Waals surface area contributed by atoms with Crippen LogP contribution in [0.4, 0.5) is 0 Å². The second-order valence-electron chi connectivity index (χ2n) is 24.2. The molecule has 0 saturated carbocycles. The topological polar surface area (TPSA) is 111 Å².